The maximum atomic E-state index is 9.23. The summed E-state index contributed by atoms with van der Waals surface area (Å²) in [7, 11) is 0. The fraction of sp³-hybridized carbons (Fsp3) is 0.375. The third-order valence-electron chi connectivity index (χ3n) is 1.50. The quantitative estimate of drug-likeness (QED) is 0.644. The van der Waals surface area contributed by atoms with Crippen LogP contribution in [0.4, 0.5) is 0 Å². The average Bonchev–Trinajstić information content (AvgIpc) is 2.05. The molecule has 0 fully saturated rings. The summed E-state index contributed by atoms with van der Waals surface area (Å²) in [5.74, 6) is 0. The van der Waals surface area contributed by atoms with Crippen LogP contribution in [0.3, 0.4) is 0 Å². The second kappa shape index (κ2) is 3.46. The van der Waals surface area contributed by atoms with E-state index in [-0.39, 0.29) is 6.54 Å². The van der Waals surface area contributed by atoms with E-state index < -0.39 is 6.10 Å². The van der Waals surface area contributed by atoms with Gasteiger partial charge in [0, 0.05) is 12.7 Å². The lowest BCUT2D eigenvalue weighted by molar-refractivity contribution is 0.182. The predicted molar refractivity (Wildman–Crippen MR) is 43.0 cm³/mol. The minimum atomic E-state index is -0.629. The van der Waals surface area contributed by atoms with Crippen LogP contribution in [0.5, 0.6) is 0 Å². The highest BCUT2D eigenvalue weighted by molar-refractivity contribution is 5.13. The van der Waals surface area contributed by atoms with Crippen molar-refractivity contribution in [2.45, 2.75) is 13.0 Å². The first-order valence-electron chi connectivity index (χ1n) is 3.54. The zero-order valence-corrected chi connectivity index (χ0v) is 6.49. The van der Waals surface area contributed by atoms with Crippen LogP contribution in [0.15, 0.2) is 18.3 Å². The highest BCUT2D eigenvalue weighted by atomic mass is 16.3. The summed E-state index contributed by atoms with van der Waals surface area (Å²) >= 11 is 0. The summed E-state index contributed by atoms with van der Waals surface area (Å²) in [6, 6.07) is 3.69. The molecule has 0 bridgehead atoms. The van der Waals surface area contributed by atoms with Gasteiger partial charge >= 0.3 is 0 Å². The molecule has 0 saturated heterocycles. The number of nitrogens with two attached hydrogens (primary N) is 1. The standard InChI is InChI=1S/C8H12N2O/c1-6-2-3-7(10-5-6)8(11)4-9/h2-3,5,8,11H,4,9H2,1H3/t8-/m1/s1. The number of nitrogens with zero attached hydrogens (tertiary/aromatic N) is 1. The lowest BCUT2D eigenvalue weighted by Crippen LogP contribution is -2.12. The molecule has 0 amide bonds. The van der Waals surface area contributed by atoms with Gasteiger partial charge in [0.25, 0.3) is 0 Å². The molecule has 3 nitrogen and oxygen atoms in total. The second-order valence-electron chi connectivity index (χ2n) is 2.51. The van der Waals surface area contributed by atoms with Crippen LogP contribution < -0.4 is 5.73 Å². The first kappa shape index (κ1) is 8.17. The van der Waals surface area contributed by atoms with Gasteiger partial charge in [0.05, 0.1) is 5.69 Å². The van der Waals surface area contributed by atoms with Crippen LogP contribution in [-0.2, 0) is 0 Å². The maximum Gasteiger partial charge on any atom is 0.108 e. The fourth-order valence-electron chi connectivity index (χ4n) is 0.797. The van der Waals surface area contributed by atoms with Crippen molar-refractivity contribution in [3.05, 3.63) is 29.6 Å². The minimum absolute atomic E-state index is 0.218. The SMILES string of the molecule is Cc1ccc([C@H](O)CN)nc1. The van der Waals surface area contributed by atoms with Crippen LogP contribution in [0.1, 0.15) is 17.4 Å². The molecule has 0 aliphatic heterocycles. The Hall–Kier alpha value is -0.930. The highest BCUT2D eigenvalue weighted by Crippen LogP contribution is 2.07. The number of hydrogen-bond donors (Lipinski definition) is 2. The molecule has 3 N–H and O–H groups in total. The first-order chi connectivity index (χ1) is 5.24. The van der Waals surface area contributed by atoms with Crippen molar-refractivity contribution in [2.75, 3.05) is 6.54 Å². The number of hydrogen-bond acceptors (Lipinski definition) is 3. The third-order valence-corrected chi connectivity index (χ3v) is 1.50. The van der Waals surface area contributed by atoms with Gasteiger partial charge < -0.3 is 10.8 Å². The van der Waals surface area contributed by atoms with E-state index in [2.05, 4.69) is 4.98 Å². The molecule has 0 radical (unpaired) electrons. The van der Waals surface area contributed by atoms with Gasteiger partial charge in [-0.05, 0) is 18.6 Å². The van der Waals surface area contributed by atoms with Crippen molar-refractivity contribution in [3.63, 3.8) is 0 Å². The Morgan fingerprint density at radius 1 is 1.64 bits per heavy atom. The molecule has 11 heavy (non-hydrogen) atoms. The van der Waals surface area contributed by atoms with Crippen molar-refractivity contribution in [1.29, 1.82) is 0 Å². The van der Waals surface area contributed by atoms with Gasteiger partial charge in [0.15, 0.2) is 0 Å². The molecule has 3 heteroatoms. The molecule has 0 aliphatic rings. The number of aliphatic hydroxyl groups is 1. The predicted octanol–water partition coefficient (Wildman–Crippen LogP) is 0.382. The second-order valence-corrected chi connectivity index (χ2v) is 2.51. The minimum Gasteiger partial charge on any atom is -0.385 e. The molecule has 1 heterocycles. The maximum absolute atomic E-state index is 9.23. The van der Waals surface area contributed by atoms with Crippen LogP contribution >= 0.6 is 0 Å². The molecule has 60 valence electrons. The molecular formula is C8H12N2O. The zero-order chi connectivity index (χ0) is 8.27. The summed E-state index contributed by atoms with van der Waals surface area (Å²) in [6.45, 7) is 2.17. The highest BCUT2D eigenvalue weighted by Gasteiger charge is 2.04. The molecule has 1 aromatic heterocycles. The van der Waals surface area contributed by atoms with E-state index in [1.54, 1.807) is 12.3 Å². The fourth-order valence-corrected chi connectivity index (χ4v) is 0.797. The lowest BCUT2D eigenvalue weighted by atomic mass is 10.2. The Morgan fingerprint density at radius 2 is 2.36 bits per heavy atom. The van der Waals surface area contributed by atoms with Crippen LogP contribution in [-0.4, -0.2) is 16.6 Å². The van der Waals surface area contributed by atoms with Crippen molar-refractivity contribution in [3.8, 4) is 0 Å². The Balaban J connectivity index is 2.81. The number of aromatic nitrogens is 1. The lowest BCUT2D eigenvalue weighted by Gasteiger charge is -2.05. The van der Waals surface area contributed by atoms with E-state index in [0.29, 0.717) is 5.69 Å². The molecular weight excluding hydrogens is 140 g/mol. The van der Waals surface area contributed by atoms with Gasteiger partial charge in [-0.2, -0.15) is 0 Å². The molecule has 1 rings (SSSR count). The Morgan fingerprint density at radius 3 is 2.82 bits per heavy atom. The normalized spacial score (nSPS) is 13.0. The van der Waals surface area contributed by atoms with Crippen molar-refractivity contribution < 1.29 is 5.11 Å². The molecule has 0 aliphatic carbocycles. The smallest absolute Gasteiger partial charge is 0.108 e. The van der Waals surface area contributed by atoms with Crippen LogP contribution in [0.25, 0.3) is 0 Å². The van der Waals surface area contributed by atoms with Gasteiger partial charge in [-0.1, -0.05) is 6.07 Å². The van der Waals surface area contributed by atoms with Crippen molar-refractivity contribution in [1.82, 2.24) is 4.98 Å². The number of aryl methyl sites for hydroxylation is 1. The molecule has 1 aromatic rings. The topological polar surface area (TPSA) is 59.1 Å². The van der Waals surface area contributed by atoms with Crippen molar-refractivity contribution in [2.24, 2.45) is 5.73 Å². The van der Waals surface area contributed by atoms with E-state index in [0.717, 1.165) is 5.56 Å². The van der Waals surface area contributed by atoms with E-state index in [4.69, 9.17) is 5.73 Å². The summed E-state index contributed by atoms with van der Waals surface area (Å²) in [6.07, 6.45) is 1.09. The summed E-state index contributed by atoms with van der Waals surface area (Å²) in [5.41, 5.74) is 6.97. The Kier molecular flexibility index (Phi) is 2.57. The van der Waals surface area contributed by atoms with Crippen LogP contribution in [0.2, 0.25) is 0 Å². The molecule has 1 atom stereocenters. The van der Waals surface area contributed by atoms with E-state index in [1.165, 1.54) is 0 Å². The summed E-state index contributed by atoms with van der Waals surface area (Å²) in [5, 5.41) is 9.23. The van der Waals surface area contributed by atoms with E-state index in [1.807, 2.05) is 13.0 Å². The monoisotopic (exact) mass is 152 g/mol. The zero-order valence-electron chi connectivity index (χ0n) is 6.49. The number of pyridine rings is 1. The van der Waals surface area contributed by atoms with Gasteiger partial charge in [-0.3, -0.25) is 4.98 Å². The van der Waals surface area contributed by atoms with E-state index in [9.17, 15) is 5.11 Å². The van der Waals surface area contributed by atoms with Gasteiger partial charge in [-0.25, -0.2) is 0 Å². The van der Waals surface area contributed by atoms with Gasteiger partial charge in [0.1, 0.15) is 6.10 Å². The molecule has 0 aromatic carbocycles. The number of aliphatic hydroxyl groups excluding tert-OH is 1. The van der Waals surface area contributed by atoms with Gasteiger partial charge in [-0.15, -0.1) is 0 Å². The van der Waals surface area contributed by atoms with Crippen molar-refractivity contribution >= 4 is 0 Å². The first-order valence-corrected chi connectivity index (χ1v) is 3.54. The largest absolute Gasteiger partial charge is 0.385 e. The van der Waals surface area contributed by atoms with Crippen LogP contribution in [0, 0.1) is 6.92 Å². The van der Waals surface area contributed by atoms with Gasteiger partial charge in [0.2, 0.25) is 0 Å². The third kappa shape index (κ3) is 2.00. The molecule has 0 spiro atoms. The molecule has 0 saturated carbocycles. The van der Waals surface area contributed by atoms with E-state index >= 15 is 0 Å². The Labute approximate surface area is 65.9 Å². The average molecular weight is 152 g/mol. The summed E-state index contributed by atoms with van der Waals surface area (Å²) in [4.78, 5) is 4.02. The molecule has 0 unspecified atom stereocenters. The number of rotatable bonds is 2. The summed E-state index contributed by atoms with van der Waals surface area (Å²) < 4.78 is 0. The Bertz CT molecular complexity index is 220.